The Morgan fingerprint density at radius 1 is 1.09 bits per heavy atom. The SMILES string of the molecule is CCCC/C=C/C(O)C[N+](CCC)(CCC)CC(CC)C(=O)[O-]. The van der Waals surface area contributed by atoms with Gasteiger partial charge in [0, 0.05) is 5.92 Å². The van der Waals surface area contributed by atoms with E-state index in [4.69, 9.17) is 0 Å². The highest BCUT2D eigenvalue weighted by molar-refractivity contribution is 5.67. The third-order valence-corrected chi connectivity index (χ3v) is 4.49. The summed E-state index contributed by atoms with van der Waals surface area (Å²) >= 11 is 0. The number of hydrogen-bond acceptors (Lipinski definition) is 3. The number of aliphatic carboxylic acids is 1. The molecule has 1 N–H and O–H groups in total. The minimum absolute atomic E-state index is 0.440. The molecule has 0 saturated carbocycles. The molecule has 0 aromatic rings. The van der Waals surface area contributed by atoms with Gasteiger partial charge in [0.2, 0.25) is 0 Å². The van der Waals surface area contributed by atoms with Crippen LogP contribution in [0.25, 0.3) is 0 Å². The smallest absolute Gasteiger partial charge is 0.121 e. The lowest BCUT2D eigenvalue weighted by atomic mass is 10.0. The molecule has 0 rings (SSSR count). The zero-order chi connectivity index (χ0) is 17.7. The van der Waals surface area contributed by atoms with Gasteiger partial charge < -0.3 is 19.5 Å². The minimum atomic E-state index is -0.963. The Morgan fingerprint density at radius 2 is 1.70 bits per heavy atom. The number of unbranched alkanes of at least 4 members (excludes halogenated alkanes) is 2. The fraction of sp³-hybridized carbons (Fsp3) is 0.842. The highest BCUT2D eigenvalue weighted by Gasteiger charge is 2.31. The van der Waals surface area contributed by atoms with Crippen molar-refractivity contribution in [2.45, 2.75) is 72.3 Å². The van der Waals surface area contributed by atoms with E-state index >= 15 is 0 Å². The van der Waals surface area contributed by atoms with E-state index in [0.717, 1.165) is 45.2 Å². The van der Waals surface area contributed by atoms with Gasteiger partial charge in [0.05, 0.1) is 25.6 Å². The van der Waals surface area contributed by atoms with Crippen LogP contribution in [0.3, 0.4) is 0 Å². The molecular weight excluding hydrogens is 290 g/mol. The van der Waals surface area contributed by atoms with E-state index < -0.39 is 18.0 Å². The number of carboxylic acids is 1. The fourth-order valence-electron chi connectivity index (χ4n) is 3.37. The van der Waals surface area contributed by atoms with Gasteiger partial charge in [-0.05, 0) is 25.7 Å². The zero-order valence-electron chi connectivity index (χ0n) is 15.6. The molecule has 0 bridgehead atoms. The molecule has 0 aliphatic heterocycles. The second-order valence-corrected chi connectivity index (χ2v) is 6.72. The maximum absolute atomic E-state index is 11.3. The molecule has 0 saturated heterocycles. The molecule has 4 heteroatoms. The normalized spacial score (nSPS) is 15.0. The van der Waals surface area contributed by atoms with Gasteiger partial charge in [-0.15, -0.1) is 0 Å². The maximum atomic E-state index is 11.3. The lowest BCUT2D eigenvalue weighted by Crippen LogP contribution is -2.57. The number of aliphatic hydroxyl groups is 1. The summed E-state index contributed by atoms with van der Waals surface area (Å²) in [5, 5.41) is 21.7. The van der Waals surface area contributed by atoms with Gasteiger partial charge in [-0.3, -0.25) is 0 Å². The number of allylic oxidation sites excluding steroid dienone is 1. The first-order valence-corrected chi connectivity index (χ1v) is 9.35. The lowest BCUT2D eigenvalue weighted by Gasteiger charge is -2.42. The van der Waals surface area contributed by atoms with Crippen molar-refractivity contribution < 1.29 is 19.5 Å². The van der Waals surface area contributed by atoms with Gasteiger partial charge in [0.15, 0.2) is 0 Å². The summed E-state index contributed by atoms with van der Waals surface area (Å²) in [4.78, 5) is 11.3. The monoisotopic (exact) mass is 327 g/mol. The number of nitrogens with zero attached hydrogens (tertiary/aromatic N) is 1. The van der Waals surface area contributed by atoms with Crippen LogP contribution >= 0.6 is 0 Å². The molecule has 0 radical (unpaired) electrons. The van der Waals surface area contributed by atoms with E-state index in [9.17, 15) is 15.0 Å². The zero-order valence-corrected chi connectivity index (χ0v) is 15.6. The van der Waals surface area contributed by atoms with Crippen LogP contribution in [0.1, 0.15) is 66.2 Å². The number of carboxylic acid groups (broad SMARTS) is 1. The number of hydrogen-bond donors (Lipinski definition) is 1. The number of rotatable bonds is 14. The van der Waals surface area contributed by atoms with Crippen LogP contribution in [-0.2, 0) is 4.79 Å². The van der Waals surface area contributed by atoms with Crippen LogP contribution in [0.15, 0.2) is 12.2 Å². The minimum Gasteiger partial charge on any atom is -0.550 e. The van der Waals surface area contributed by atoms with Crippen LogP contribution in [0.2, 0.25) is 0 Å². The van der Waals surface area contributed by atoms with Crippen LogP contribution < -0.4 is 5.11 Å². The van der Waals surface area contributed by atoms with E-state index in [1.807, 2.05) is 13.0 Å². The van der Waals surface area contributed by atoms with Gasteiger partial charge in [0.25, 0.3) is 0 Å². The molecule has 2 unspecified atom stereocenters. The Labute approximate surface area is 142 Å². The van der Waals surface area contributed by atoms with E-state index in [2.05, 4.69) is 26.8 Å². The Bertz CT molecular complexity index is 336. The average molecular weight is 328 g/mol. The number of carbonyl (C=O) groups is 1. The second-order valence-electron chi connectivity index (χ2n) is 6.72. The highest BCUT2D eigenvalue weighted by Crippen LogP contribution is 2.18. The van der Waals surface area contributed by atoms with E-state index in [1.165, 1.54) is 0 Å². The molecule has 0 spiro atoms. The molecule has 2 atom stereocenters. The standard InChI is InChI=1S/C19H37NO3/c1-5-9-10-11-12-18(21)16-20(13-6-2,14-7-3)15-17(8-4)19(22)23/h11-12,17-18,21H,5-10,13-16H2,1-4H3/b12-11+. The van der Waals surface area contributed by atoms with Crippen molar-refractivity contribution in [2.75, 3.05) is 26.2 Å². The van der Waals surface area contributed by atoms with E-state index in [0.29, 0.717) is 24.0 Å². The van der Waals surface area contributed by atoms with Crippen molar-refractivity contribution in [1.82, 2.24) is 0 Å². The van der Waals surface area contributed by atoms with E-state index in [-0.39, 0.29) is 0 Å². The van der Waals surface area contributed by atoms with Gasteiger partial charge in [0.1, 0.15) is 12.6 Å². The molecule has 0 amide bonds. The Hall–Kier alpha value is -0.870. The summed E-state index contributed by atoms with van der Waals surface area (Å²) in [6.07, 6.45) is 9.25. The maximum Gasteiger partial charge on any atom is 0.121 e. The van der Waals surface area contributed by atoms with Crippen molar-refractivity contribution in [3.05, 3.63) is 12.2 Å². The van der Waals surface area contributed by atoms with Crippen LogP contribution in [0.4, 0.5) is 0 Å². The molecule has 0 fully saturated rings. The third kappa shape index (κ3) is 9.11. The van der Waals surface area contributed by atoms with Crippen molar-refractivity contribution in [3.63, 3.8) is 0 Å². The first-order chi connectivity index (χ1) is 10.9. The molecule has 23 heavy (non-hydrogen) atoms. The van der Waals surface area contributed by atoms with Crippen LogP contribution in [0.5, 0.6) is 0 Å². The molecule has 136 valence electrons. The summed E-state index contributed by atoms with van der Waals surface area (Å²) < 4.78 is 0.665. The molecule has 0 aromatic heterocycles. The highest BCUT2D eigenvalue weighted by atomic mass is 16.4. The largest absolute Gasteiger partial charge is 0.550 e. The summed E-state index contributed by atoms with van der Waals surface area (Å²) in [7, 11) is 0. The Kier molecular flexibility index (Phi) is 12.1. The fourth-order valence-corrected chi connectivity index (χ4v) is 3.37. The van der Waals surface area contributed by atoms with Gasteiger partial charge in [-0.25, -0.2) is 0 Å². The second kappa shape index (κ2) is 12.5. The summed E-state index contributed by atoms with van der Waals surface area (Å²) in [5.41, 5.74) is 0. The molecule has 0 aliphatic carbocycles. The molecule has 4 nitrogen and oxygen atoms in total. The van der Waals surface area contributed by atoms with Crippen molar-refractivity contribution >= 4 is 5.97 Å². The summed E-state index contributed by atoms with van der Waals surface area (Å²) in [5.74, 6) is -1.40. The predicted octanol–water partition coefficient (Wildman–Crippen LogP) is 2.51. The first kappa shape index (κ1) is 22.1. The van der Waals surface area contributed by atoms with E-state index in [1.54, 1.807) is 0 Å². The lowest BCUT2D eigenvalue weighted by molar-refractivity contribution is -0.932. The van der Waals surface area contributed by atoms with Crippen molar-refractivity contribution in [2.24, 2.45) is 5.92 Å². The molecule has 0 aromatic carbocycles. The van der Waals surface area contributed by atoms with Gasteiger partial charge in [-0.1, -0.05) is 52.7 Å². The van der Waals surface area contributed by atoms with Gasteiger partial charge >= 0.3 is 0 Å². The van der Waals surface area contributed by atoms with Crippen LogP contribution in [-0.4, -0.2) is 47.8 Å². The molecular formula is C19H37NO3. The topological polar surface area (TPSA) is 60.4 Å². The quantitative estimate of drug-likeness (QED) is 0.303. The number of carbonyl (C=O) groups excluding carboxylic acids is 1. The Morgan fingerprint density at radius 3 is 2.13 bits per heavy atom. The van der Waals surface area contributed by atoms with Crippen molar-refractivity contribution in [1.29, 1.82) is 0 Å². The summed E-state index contributed by atoms with van der Waals surface area (Å²) in [6.45, 7) is 11.2. The summed E-state index contributed by atoms with van der Waals surface area (Å²) in [6, 6.07) is 0. The van der Waals surface area contributed by atoms with Crippen molar-refractivity contribution in [3.8, 4) is 0 Å². The number of aliphatic hydroxyl groups excluding tert-OH is 1. The predicted molar refractivity (Wildman–Crippen MR) is 93.8 cm³/mol. The Balaban J connectivity index is 5.01. The average Bonchev–Trinajstić information content (AvgIpc) is 2.49. The third-order valence-electron chi connectivity index (χ3n) is 4.49. The van der Waals surface area contributed by atoms with Crippen LogP contribution in [0, 0.1) is 5.92 Å². The number of quaternary nitrogens is 1. The molecule has 0 heterocycles. The van der Waals surface area contributed by atoms with Gasteiger partial charge in [-0.2, -0.15) is 0 Å². The molecule has 0 aliphatic rings. The first-order valence-electron chi connectivity index (χ1n) is 9.35.